The molecule has 1 N–H and O–H groups in total. The first-order valence-electron chi connectivity index (χ1n) is 10.8. The summed E-state index contributed by atoms with van der Waals surface area (Å²) in [6.45, 7) is 14.6. The second-order valence-electron chi connectivity index (χ2n) is 10.5. The normalized spacial score (nSPS) is 12.7. The van der Waals surface area contributed by atoms with Crippen LogP contribution in [-0.4, -0.2) is 52.4 Å². The Morgan fingerprint density at radius 2 is 1.14 bits per heavy atom. The van der Waals surface area contributed by atoms with E-state index in [9.17, 15) is 24.3 Å². The third-order valence-corrected chi connectivity index (χ3v) is 3.50. The monoisotopic (exact) mass is 498 g/mol. The van der Waals surface area contributed by atoms with Gasteiger partial charge in [0.15, 0.2) is 11.5 Å². The minimum atomic E-state index is -1.60. The van der Waals surface area contributed by atoms with E-state index < -0.39 is 47.3 Å². The first-order valence-corrected chi connectivity index (χ1v) is 10.8. The Kier molecular flexibility index (Phi) is 9.52. The summed E-state index contributed by atoms with van der Waals surface area (Å²) in [4.78, 5) is 47.9. The number of rotatable bonds is 6. The molecule has 0 saturated carbocycles. The molecule has 196 valence electrons. The van der Waals surface area contributed by atoms with E-state index in [0.29, 0.717) is 0 Å². The van der Waals surface area contributed by atoms with E-state index in [1.807, 2.05) is 0 Å². The Bertz CT molecular complexity index is 930. The Morgan fingerprint density at radius 1 is 0.714 bits per heavy atom. The van der Waals surface area contributed by atoms with Crippen LogP contribution in [0.25, 0.3) is 0 Å². The first-order chi connectivity index (χ1) is 15.7. The second-order valence-corrected chi connectivity index (χ2v) is 10.5. The van der Waals surface area contributed by atoms with Crippen LogP contribution in [0, 0.1) is 0 Å². The van der Waals surface area contributed by atoms with Crippen molar-refractivity contribution in [1.82, 2.24) is 0 Å². The SMILES string of the molecule is CC(C)(C)OC(=O)Oc1ccc(C[C@@H](OC(=O)OC(C)(C)C)C(=O)O)cc1OC(=O)OC(C)(C)C. The Hall–Kier alpha value is -3.50. The van der Waals surface area contributed by atoms with Gasteiger partial charge in [-0.05, 0) is 80.0 Å². The van der Waals surface area contributed by atoms with Gasteiger partial charge in [0.1, 0.15) is 16.8 Å². The number of hydrogen-bond donors (Lipinski definition) is 1. The minimum Gasteiger partial charge on any atom is -0.478 e. The third kappa shape index (κ3) is 12.5. The van der Waals surface area contributed by atoms with Crippen molar-refractivity contribution < 1.29 is 52.7 Å². The van der Waals surface area contributed by atoms with Crippen LogP contribution in [0.3, 0.4) is 0 Å². The second kappa shape index (κ2) is 11.3. The summed E-state index contributed by atoms with van der Waals surface area (Å²) >= 11 is 0. The summed E-state index contributed by atoms with van der Waals surface area (Å²) in [5.41, 5.74) is -2.29. The summed E-state index contributed by atoms with van der Waals surface area (Å²) in [6.07, 6.45) is -5.18. The summed E-state index contributed by atoms with van der Waals surface area (Å²) < 4.78 is 30.5. The van der Waals surface area contributed by atoms with Crippen LogP contribution in [-0.2, 0) is 30.2 Å². The molecule has 0 heterocycles. The molecule has 0 radical (unpaired) electrons. The number of hydrogen-bond acceptors (Lipinski definition) is 10. The van der Waals surface area contributed by atoms with E-state index in [-0.39, 0.29) is 23.5 Å². The number of carboxylic acids is 1. The number of benzene rings is 1. The van der Waals surface area contributed by atoms with Gasteiger partial charge in [0.2, 0.25) is 6.10 Å². The maximum absolute atomic E-state index is 12.2. The van der Waals surface area contributed by atoms with Crippen molar-refractivity contribution >= 4 is 24.4 Å². The zero-order valence-electron chi connectivity index (χ0n) is 21.5. The fourth-order valence-electron chi connectivity index (χ4n) is 2.35. The fourth-order valence-corrected chi connectivity index (χ4v) is 2.35. The molecule has 0 aliphatic heterocycles. The number of carbonyl (C=O) groups is 4. The number of carbonyl (C=O) groups excluding carboxylic acids is 3. The molecule has 0 saturated heterocycles. The molecule has 0 amide bonds. The van der Waals surface area contributed by atoms with Gasteiger partial charge in [0.05, 0.1) is 0 Å². The van der Waals surface area contributed by atoms with Gasteiger partial charge in [-0.15, -0.1) is 0 Å². The molecule has 1 atom stereocenters. The number of aliphatic carboxylic acids is 1. The predicted molar refractivity (Wildman–Crippen MR) is 123 cm³/mol. The highest BCUT2D eigenvalue weighted by molar-refractivity contribution is 5.76. The van der Waals surface area contributed by atoms with E-state index in [2.05, 4.69) is 0 Å². The summed E-state index contributed by atoms with van der Waals surface area (Å²) in [7, 11) is 0. The van der Waals surface area contributed by atoms with Crippen LogP contribution in [0.2, 0.25) is 0 Å². The van der Waals surface area contributed by atoms with Crippen molar-refractivity contribution in [2.24, 2.45) is 0 Å². The number of carboxylic acid groups (broad SMARTS) is 1. The van der Waals surface area contributed by atoms with Crippen molar-refractivity contribution in [3.05, 3.63) is 23.8 Å². The molecule has 0 aliphatic rings. The highest BCUT2D eigenvalue weighted by Gasteiger charge is 2.28. The first kappa shape index (κ1) is 29.5. The molecule has 0 fully saturated rings. The van der Waals surface area contributed by atoms with Gasteiger partial charge < -0.3 is 33.5 Å². The smallest absolute Gasteiger partial charge is 0.478 e. The Labute approximate surface area is 204 Å². The Balaban J connectivity index is 3.19. The van der Waals surface area contributed by atoms with Gasteiger partial charge in [-0.2, -0.15) is 0 Å². The summed E-state index contributed by atoms with van der Waals surface area (Å²) in [5, 5.41) is 9.48. The van der Waals surface area contributed by atoms with Crippen molar-refractivity contribution in [2.45, 2.75) is 91.6 Å². The van der Waals surface area contributed by atoms with Gasteiger partial charge in [-0.1, -0.05) is 6.07 Å². The maximum Gasteiger partial charge on any atom is 0.514 e. The lowest BCUT2D eigenvalue weighted by atomic mass is 10.1. The summed E-state index contributed by atoms with van der Waals surface area (Å²) in [5.74, 6) is -1.82. The van der Waals surface area contributed by atoms with Gasteiger partial charge in [0, 0.05) is 6.42 Å². The van der Waals surface area contributed by atoms with Crippen molar-refractivity contribution in [2.75, 3.05) is 0 Å². The quantitative estimate of drug-likeness (QED) is 0.311. The minimum absolute atomic E-state index is 0.172. The van der Waals surface area contributed by atoms with E-state index in [4.69, 9.17) is 28.4 Å². The predicted octanol–water partition coefficient (Wildman–Crippen LogP) is 5.26. The largest absolute Gasteiger partial charge is 0.514 e. The zero-order valence-corrected chi connectivity index (χ0v) is 21.5. The number of ether oxygens (including phenoxy) is 6. The zero-order chi connectivity index (χ0) is 27.2. The molecule has 35 heavy (non-hydrogen) atoms. The maximum atomic E-state index is 12.2. The molecular weight excluding hydrogens is 464 g/mol. The molecule has 0 aromatic heterocycles. The average molecular weight is 499 g/mol. The van der Waals surface area contributed by atoms with E-state index >= 15 is 0 Å². The van der Waals surface area contributed by atoms with Crippen LogP contribution < -0.4 is 9.47 Å². The van der Waals surface area contributed by atoms with E-state index in [0.717, 1.165) is 0 Å². The summed E-state index contributed by atoms with van der Waals surface area (Å²) in [6, 6.07) is 3.96. The molecule has 0 aliphatic carbocycles. The van der Waals surface area contributed by atoms with Crippen LogP contribution in [0.4, 0.5) is 14.4 Å². The van der Waals surface area contributed by atoms with Gasteiger partial charge in [-0.25, -0.2) is 19.2 Å². The van der Waals surface area contributed by atoms with Gasteiger partial charge in [-0.3, -0.25) is 0 Å². The molecule has 11 heteroatoms. The van der Waals surface area contributed by atoms with Crippen molar-refractivity contribution in [3.63, 3.8) is 0 Å². The molecule has 11 nitrogen and oxygen atoms in total. The van der Waals surface area contributed by atoms with E-state index in [1.54, 1.807) is 62.3 Å². The molecule has 0 unspecified atom stereocenters. The Morgan fingerprint density at radius 3 is 1.57 bits per heavy atom. The van der Waals surface area contributed by atoms with Crippen molar-refractivity contribution in [1.29, 1.82) is 0 Å². The van der Waals surface area contributed by atoms with E-state index in [1.165, 1.54) is 18.2 Å². The lowest BCUT2D eigenvalue weighted by Gasteiger charge is -2.22. The lowest BCUT2D eigenvalue weighted by molar-refractivity contribution is -0.149. The van der Waals surface area contributed by atoms with Crippen LogP contribution in [0.15, 0.2) is 18.2 Å². The molecule has 0 spiro atoms. The standard InChI is InChI=1S/C24H34O11/c1-22(2,3)33-19(27)30-15-11-10-14(12-16(15)31-20(28)34-23(4,5)6)13-17(18(25)26)32-21(29)35-24(7,8)9/h10-12,17H,13H2,1-9H3,(H,25,26)/t17-/m1/s1. The van der Waals surface area contributed by atoms with Gasteiger partial charge >= 0.3 is 24.4 Å². The molecule has 0 bridgehead atoms. The lowest BCUT2D eigenvalue weighted by Crippen LogP contribution is -2.33. The van der Waals surface area contributed by atoms with Gasteiger partial charge in [0.25, 0.3) is 0 Å². The third-order valence-electron chi connectivity index (χ3n) is 3.50. The van der Waals surface area contributed by atoms with Crippen LogP contribution in [0.1, 0.15) is 67.9 Å². The molecule has 1 aromatic carbocycles. The van der Waals surface area contributed by atoms with Crippen molar-refractivity contribution in [3.8, 4) is 11.5 Å². The fraction of sp³-hybridized carbons (Fsp3) is 0.583. The molecular formula is C24H34O11. The van der Waals surface area contributed by atoms with Crippen LogP contribution in [0.5, 0.6) is 11.5 Å². The average Bonchev–Trinajstić information content (AvgIpc) is 2.58. The highest BCUT2D eigenvalue weighted by Crippen LogP contribution is 2.31. The topological polar surface area (TPSA) is 144 Å². The molecule has 1 aromatic rings. The highest BCUT2D eigenvalue weighted by atomic mass is 16.8. The molecule has 1 rings (SSSR count). The van der Waals surface area contributed by atoms with Crippen LogP contribution >= 0.6 is 0 Å².